The molecule has 1 aromatic rings. The number of rotatable bonds is 6. The first-order valence-corrected chi connectivity index (χ1v) is 10.2. The smallest absolute Gasteiger partial charge is 0.309 e. The summed E-state index contributed by atoms with van der Waals surface area (Å²) < 4.78 is 12.9. The second-order valence-corrected chi connectivity index (χ2v) is 7.39. The summed E-state index contributed by atoms with van der Waals surface area (Å²) in [5.41, 5.74) is 0. The van der Waals surface area contributed by atoms with Gasteiger partial charge in [-0.05, 0) is 39.5 Å². The number of nitrogens with one attached hydrogen (secondary N) is 1. The summed E-state index contributed by atoms with van der Waals surface area (Å²) >= 11 is 0. The van der Waals surface area contributed by atoms with Gasteiger partial charge < -0.3 is 24.3 Å². The van der Waals surface area contributed by atoms with Gasteiger partial charge in [0.15, 0.2) is 11.8 Å². The lowest BCUT2D eigenvalue weighted by molar-refractivity contribution is -0.149. The fourth-order valence-electron chi connectivity index (χ4n) is 3.60. The molecule has 0 spiro atoms. The van der Waals surface area contributed by atoms with Gasteiger partial charge in [-0.15, -0.1) is 34.2 Å². The number of carbonyl (C=O) groups is 1. The molecule has 2 aliphatic rings. The highest BCUT2D eigenvalue weighted by atomic mass is 127. The number of carbonyl (C=O) groups excluding carboxylic acids is 1. The van der Waals surface area contributed by atoms with Crippen molar-refractivity contribution in [1.82, 2.24) is 25.0 Å². The van der Waals surface area contributed by atoms with Crippen LogP contribution in [0.15, 0.2) is 4.99 Å². The van der Waals surface area contributed by atoms with Crippen molar-refractivity contribution in [3.63, 3.8) is 0 Å². The van der Waals surface area contributed by atoms with E-state index >= 15 is 0 Å². The third kappa shape index (κ3) is 6.53. The van der Waals surface area contributed by atoms with Crippen LogP contribution in [0.25, 0.3) is 0 Å². The number of likely N-dealkylation sites (tertiary alicyclic amines) is 1. The number of halogens is 1. The summed E-state index contributed by atoms with van der Waals surface area (Å²) in [6.07, 6.45) is 3.99. The Morgan fingerprint density at radius 3 is 2.66 bits per heavy atom. The molecule has 1 atom stereocenters. The monoisotopic (exact) mass is 520 g/mol. The van der Waals surface area contributed by atoms with Crippen LogP contribution in [0.2, 0.25) is 0 Å². The molecule has 2 fully saturated rings. The van der Waals surface area contributed by atoms with Crippen LogP contribution >= 0.6 is 24.0 Å². The van der Waals surface area contributed by atoms with E-state index in [9.17, 15) is 4.79 Å². The highest BCUT2D eigenvalue weighted by molar-refractivity contribution is 14.0. The van der Waals surface area contributed by atoms with Crippen LogP contribution in [-0.4, -0.2) is 70.5 Å². The van der Waals surface area contributed by atoms with Gasteiger partial charge in [-0.3, -0.25) is 4.79 Å². The zero-order chi connectivity index (χ0) is 19.9. The second kappa shape index (κ2) is 11.7. The Kier molecular flexibility index (Phi) is 9.60. The molecule has 0 radical (unpaired) electrons. The second-order valence-electron chi connectivity index (χ2n) is 7.39. The molecule has 2 aliphatic heterocycles. The van der Waals surface area contributed by atoms with Crippen molar-refractivity contribution in [2.75, 3.05) is 32.8 Å². The zero-order valence-electron chi connectivity index (χ0n) is 17.6. The van der Waals surface area contributed by atoms with Gasteiger partial charge in [0.25, 0.3) is 0 Å². The number of hydrogen-bond acceptors (Lipinski definition) is 6. The van der Waals surface area contributed by atoms with Crippen LogP contribution in [0.5, 0.6) is 0 Å². The molecule has 1 N–H and O–H groups in total. The van der Waals surface area contributed by atoms with E-state index in [0.717, 1.165) is 69.5 Å². The lowest BCUT2D eigenvalue weighted by Crippen LogP contribution is -2.48. The van der Waals surface area contributed by atoms with Crippen molar-refractivity contribution in [1.29, 1.82) is 0 Å². The number of ether oxygens (including phenoxy) is 2. The number of hydrogen-bond donors (Lipinski definition) is 1. The first kappa shape index (κ1) is 23.8. The minimum Gasteiger partial charge on any atom is -0.466 e. The van der Waals surface area contributed by atoms with Gasteiger partial charge in [-0.25, -0.2) is 4.99 Å². The third-order valence-corrected chi connectivity index (χ3v) is 5.48. The highest BCUT2D eigenvalue weighted by Crippen LogP contribution is 2.19. The van der Waals surface area contributed by atoms with Crippen LogP contribution in [0.3, 0.4) is 0 Å². The molecular weight excluding hydrogens is 487 g/mol. The third-order valence-electron chi connectivity index (χ3n) is 5.48. The molecule has 0 aliphatic carbocycles. The molecule has 0 amide bonds. The molecule has 0 bridgehead atoms. The number of aliphatic imine (C=N–C) groups is 1. The summed E-state index contributed by atoms with van der Waals surface area (Å²) in [5.74, 6) is 2.45. The number of aromatic nitrogens is 3. The Morgan fingerprint density at radius 2 is 2.07 bits per heavy atom. The molecule has 3 rings (SSSR count). The normalized spacial score (nSPS) is 20.4. The van der Waals surface area contributed by atoms with E-state index in [1.54, 1.807) is 0 Å². The Bertz CT molecular complexity index is 681. The van der Waals surface area contributed by atoms with Crippen LogP contribution in [0.1, 0.15) is 44.3 Å². The number of esters is 1. The van der Waals surface area contributed by atoms with Crippen LogP contribution in [0.4, 0.5) is 0 Å². The number of piperidine rings is 1. The topological polar surface area (TPSA) is 93.9 Å². The van der Waals surface area contributed by atoms with Crippen molar-refractivity contribution in [3.8, 4) is 0 Å². The average Bonchev–Trinajstić information content (AvgIpc) is 3.33. The van der Waals surface area contributed by atoms with Gasteiger partial charge in [0.05, 0.1) is 18.6 Å². The maximum atomic E-state index is 12.0. The highest BCUT2D eigenvalue weighted by Gasteiger charge is 2.28. The molecular formula is C19H33IN6O3. The predicted octanol–water partition coefficient (Wildman–Crippen LogP) is 1.64. The molecule has 3 heterocycles. The largest absolute Gasteiger partial charge is 0.466 e. The van der Waals surface area contributed by atoms with Crippen molar-refractivity contribution in [2.24, 2.45) is 18.0 Å². The minimum absolute atomic E-state index is 0. The van der Waals surface area contributed by atoms with Crippen LogP contribution < -0.4 is 5.32 Å². The molecule has 29 heavy (non-hydrogen) atoms. The first-order valence-electron chi connectivity index (χ1n) is 10.2. The number of aryl methyl sites for hydroxylation is 1. The number of nitrogens with zero attached hydrogens (tertiary/aromatic N) is 5. The SMILES string of the molecule is CCOC(=O)C1CCN(C(=NCc2nnc(C)n2C)NCC2CCCO2)CC1.I. The quantitative estimate of drug-likeness (QED) is 0.264. The molecule has 0 aromatic carbocycles. The molecule has 0 saturated carbocycles. The Labute approximate surface area is 189 Å². The maximum absolute atomic E-state index is 12.0. The van der Waals surface area contributed by atoms with E-state index < -0.39 is 0 Å². The van der Waals surface area contributed by atoms with Gasteiger partial charge in [0, 0.05) is 33.3 Å². The summed E-state index contributed by atoms with van der Waals surface area (Å²) in [4.78, 5) is 19.0. The fraction of sp³-hybridized carbons (Fsp3) is 0.789. The zero-order valence-corrected chi connectivity index (χ0v) is 19.9. The van der Waals surface area contributed by atoms with E-state index in [2.05, 4.69) is 20.4 Å². The van der Waals surface area contributed by atoms with E-state index in [4.69, 9.17) is 14.5 Å². The van der Waals surface area contributed by atoms with Gasteiger partial charge >= 0.3 is 5.97 Å². The summed E-state index contributed by atoms with van der Waals surface area (Å²) in [7, 11) is 1.95. The Balaban J connectivity index is 0.00000300. The first-order chi connectivity index (χ1) is 13.6. The average molecular weight is 520 g/mol. The van der Waals surface area contributed by atoms with E-state index in [1.165, 1.54) is 0 Å². The minimum atomic E-state index is -0.0810. The van der Waals surface area contributed by atoms with E-state index in [-0.39, 0.29) is 42.0 Å². The molecule has 10 heteroatoms. The predicted molar refractivity (Wildman–Crippen MR) is 120 cm³/mol. The van der Waals surface area contributed by atoms with Crippen molar-refractivity contribution >= 4 is 35.9 Å². The molecule has 164 valence electrons. The van der Waals surface area contributed by atoms with Crippen molar-refractivity contribution in [3.05, 3.63) is 11.6 Å². The van der Waals surface area contributed by atoms with Crippen LogP contribution in [0, 0.1) is 12.8 Å². The summed E-state index contributed by atoms with van der Waals surface area (Å²) in [6.45, 7) is 7.81. The molecule has 2 saturated heterocycles. The summed E-state index contributed by atoms with van der Waals surface area (Å²) in [6, 6.07) is 0. The lowest BCUT2D eigenvalue weighted by atomic mass is 9.97. The van der Waals surface area contributed by atoms with Crippen LogP contribution in [-0.2, 0) is 27.9 Å². The van der Waals surface area contributed by atoms with Crippen molar-refractivity contribution in [2.45, 2.75) is 52.2 Å². The fourth-order valence-corrected chi connectivity index (χ4v) is 3.60. The molecule has 1 unspecified atom stereocenters. The Morgan fingerprint density at radius 1 is 1.31 bits per heavy atom. The standard InChI is InChI=1S/C19H32N6O3.HI/c1-4-27-18(26)15-7-9-25(10-8-15)19(20-12-16-6-5-11-28-16)21-13-17-23-22-14(2)24(17)3;/h15-16H,4-13H2,1-3H3,(H,20,21);1H. The molecule has 1 aromatic heterocycles. The lowest BCUT2D eigenvalue weighted by Gasteiger charge is -2.33. The molecule has 9 nitrogen and oxygen atoms in total. The van der Waals surface area contributed by atoms with Gasteiger partial charge in [-0.1, -0.05) is 0 Å². The summed E-state index contributed by atoms with van der Waals surface area (Å²) in [5, 5.41) is 11.8. The van der Waals surface area contributed by atoms with E-state index in [1.807, 2.05) is 25.5 Å². The Hall–Kier alpha value is -1.43. The maximum Gasteiger partial charge on any atom is 0.309 e. The van der Waals surface area contributed by atoms with E-state index in [0.29, 0.717) is 13.2 Å². The van der Waals surface area contributed by atoms with Gasteiger partial charge in [0.2, 0.25) is 0 Å². The van der Waals surface area contributed by atoms with Gasteiger partial charge in [0.1, 0.15) is 12.4 Å². The number of guanidine groups is 1. The van der Waals surface area contributed by atoms with Gasteiger partial charge in [-0.2, -0.15) is 0 Å². The van der Waals surface area contributed by atoms with Crippen molar-refractivity contribution < 1.29 is 14.3 Å².